The summed E-state index contributed by atoms with van der Waals surface area (Å²) in [7, 11) is 0. The van der Waals surface area contributed by atoms with Crippen molar-refractivity contribution in [3.8, 4) is 5.75 Å². The number of rotatable bonds is 12. The van der Waals surface area contributed by atoms with Crippen LogP contribution < -0.4 is 10.5 Å². The lowest BCUT2D eigenvalue weighted by Crippen LogP contribution is -2.13. The predicted octanol–water partition coefficient (Wildman–Crippen LogP) is 4.83. The van der Waals surface area contributed by atoms with Gasteiger partial charge in [-0.2, -0.15) is 0 Å². The van der Waals surface area contributed by atoms with E-state index in [1.54, 1.807) is 0 Å². The van der Waals surface area contributed by atoms with Crippen LogP contribution >= 0.6 is 0 Å². The monoisotopic (exact) mass is 309 g/mol. The van der Waals surface area contributed by atoms with Gasteiger partial charge < -0.3 is 10.5 Å². The summed E-state index contributed by atoms with van der Waals surface area (Å²) in [6, 6.07) is 4.10. The van der Waals surface area contributed by atoms with E-state index in [1.165, 1.54) is 63.1 Å². The van der Waals surface area contributed by atoms with Crippen molar-refractivity contribution in [2.24, 2.45) is 5.73 Å². The minimum atomic E-state index is -0.772. The zero-order chi connectivity index (χ0) is 16.2. The number of hydrogen-bond acceptors (Lipinski definition) is 2. The molecule has 0 fully saturated rings. The van der Waals surface area contributed by atoms with Crippen molar-refractivity contribution in [2.75, 3.05) is 6.61 Å². The second-order valence-corrected chi connectivity index (χ2v) is 5.68. The Morgan fingerprint density at radius 3 is 2.23 bits per heavy atom. The SMILES string of the molecule is CCCCCCCCCCCOc1ccc(F)c(C(N)=O)c1. The topological polar surface area (TPSA) is 52.3 Å². The van der Waals surface area contributed by atoms with E-state index in [9.17, 15) is 9.18 Å². The summed E-state index contributed by atoms with van der Waals surface area (Å²) in [5.41, 5.74) is 4.98. The van der Waals surface area contributed by atoms with Crippen molar-refractivity contribution in [3.05, 3.63) is 29.6 Å². The molecule has 2 N–H and O–H groups in total. The Morgan fingerprint density at radius 1 is 1.05 bits per heavy atom. The van der Waals surface area contributed by atoms with Gasteiger partial charge in [0.15, 0.2) is 0 Å². The largest absolute Gasteiger partial charge is 0.494 e. The van der Waals surface area contributed by atoms with E-state index in [-0.39, 0.29) is 5.56 Å². The van der Waals surface area contributed by atoms with Gasteiger partial charge in [-0.1, -0.05) is 58.3 Å². The van der Waals surface area contributed by atoms with Crippen molar-refractivity contribution in [3.63, 3.8) is 0 Å². The molecule has 1 amide bonds. The summed E-state index contributed by atoms with van der Waals surface area (Å²) < 4.78 is 18.8. The van der Waals surface area contributed by atoms with Crippen LogP contribution in [0.3, 0.4) is 0 Å². The number of primary amides is 1. The Hall–Kier alpha value is -1.58. The van der Waals surface area contributed by atoms with Gasteiger partial charge in [0.2, 0.25) is 0 Å². The smallest absolute Gasteiger partial charge is 0.251 e. The van der Waals surface area contributed by atoms with Gasteiger partial charge in [0.1, 0.15) is 11.6 Å². The van der Waals surface area contributed by atoms with Crippen LogP contribution in [0, 0.1) is 5.82 Å². The maximum Gasteiger partial charge on any atom is 0.251 e. The number of halogens is 1. The first-order chi connectivity index (χ1) is 10.6. The Balaban J connectivity index is 2.10. The van der Waals surface area contributed by atoms with E-state index in [0.717, 1.165) is 12.8 Å². The van der Waals surface area contributed by atoms with E-state index in [0.29, 0.717) is 12.4 Å². The third-order valence-corrected chi connectivity index (χ3v) is 3.72. The fourth-order valence-corrected chi connectivity index (χ4v) is 2.39. The van der Waals surface area contributed by atoms with Crippen molar-refractivity contribution < 1.29 is 13.9 Å². The van der Waals surface area contributed by atoms with Crippen LogP contribution in [0.2, 0.25) is 0 Å². The molecule has 0 unspecified atom stereocenters. The molecular formula is C18H28FNO2. The quantitative estimate of drug-likeness (QED) is 0.562. The fourth-order valence-electron chi connectivity index (χ4n) is 2.39. The summed E-state index contributed by atoms with van der Waals surface area (Å²) in [6.45, 7) is 2.81. The Kier molecular flexibility index (Phi) is 9.28. The van der Waals surface area contributed by atoms with E-state index in [4.69, 9.17) is 10.5 Å². The van der Waals surface area contributed by atoms with Crippen molar-refractivity contribution in [2.45, 2.75) is 64.7 Å². The van der Waals surface area contributed by atoms with Gasteiger partial charge in [0.25, 0.3) is 5.91 Å². The number of carbonyl (C=O) groups is 1. The lowest BCUT2D eigenvalue weighted by Gasteiger charge is -2.07. The molecule has 0 aliphatic carbocycles. The third-order valence-electron chi connectivity index (χ3n) is 3.72. The number of unbranched alkanes of at least 4 members (excludes halogenated alkanes) is 8. The van der Waals surface area contributed by atoms with E-state index < -0.39 is 11.7 Å². The number of hydrogen-bond donors (Lipinski definition) is 1. The van der Waals surface area contributed by atoms with Crippen LogP contribution in [0.25, 0.3) is 0 Å². The average molecular weight is 309 g/mol. The highest BCUT2D eigenvalue weighted by atomic mass is 19.1. The average Bonchev–Trinajstić information content (AvgIpc) is 2.50. The molecule has 1 aromatic rings. The molecule has 0 radical (unpaired) electrons. The first-order valence-corrected chi connectivity index (χ1v) is 8.37. The third kappa shape index (κ3) is 7.43. The highest BCUT2D eigenvalue weighted by Crippen LogP contribution is 2.17. The molecule has 4 heteroatoms. The maximum atomic E-state index is 13.3. The van der Waals surface area contributed by atoms with Crippen LogP contribution in [0.15, 0.2) is 18.2 Å². The van der Waals surface area contributed by atoms with E-state index in [2.05, 4.69) is 6.92 Å². The zero-order valence-corrected chi connectivity index (χ0v) is 13.6. The Morgan fingerprint density at radius 2 is 1.64 bits per heavy atom. The lowest BCUT2D eigenvalue weighted by molar-refractivity contribution is 0.0996. The minimum Gasteiger partial charge on any atom is -0.494 e. The summed E-state index contributed by atoms with van der Waals surface area (Å²) >= 11 is 0. The van der Waals surface area contributed by atoms with Crippen LogP contribution in [-0.4, -0.2) is 12.5 Å². The van der Waals surface area contributed by atoms with Gasteiger partial charge in [-0.15, -0.1) is 0 Å². The van der Waals surface area contributed by atoms with Crippen molar-refractivity contribution >= 4 is 5.91 Å². The normalized spacial score (nSPS) is 10.6. The molecule has 0 aliphatic rings. The van der Waals surface area contributed by atoms with Gasteiger partial charge in [-0.25, -0.2) is 4.39 Å². The van der Waals surface area contributed by atoms with E-state index >= 15 is 0 Å². The van der Waals surface area contributed by atoms with Gasteiger partial charge in [-0.3, -0.25) is 4.79 Å². The van der Waals surface area contributed by atoms with Crippen LogP contribution in [0.4, 0.5) is 4.39 Å². The molecule has 1 aromatic carbocycles. The number of amides is 1. The molecule has 22 heavy (non-hydrogen) atoms. The first kappa shape index (κ1) is 18.5. The molecule has 0 atom stereocenters. The second kappa shape index (κ2) is 11.0. The van der Waals surface area contributed by atoms with Crippen LogP contribution in [0.5, 0.6) is 5.75 Å². The summed E-state index contributed by atoms with van der Waals surface area (Å²) in [5.74, 6) is -0.885. The molecular weight excluding hydrogens is 281 g/mol. The molecule has 0 spiro atoms. The Bertz CT molecular complexity index is 449. The fraction of sp³-hybridized carbons (Fsp3) is 0.611. The molecule has 3 nitrogen and oxygen atoms in total. The van der Waals surface area contributed by atoms with Gasteiger partial charge in [-0.05, 0) is 24.6 Å². The predicted molar refractivity (Wildman–Crippen MR) is 87.6 cm³/mol. The molecule has 0 bridgehead atoms. The zero-order valence-electron chi connectivity index (χ0n) is 13.6. The molecule has 0 aliphatic heterocycles. The standard InChI is InChI=1S/C18H28FNO2/c1-2-3-4-5-6-7-8-9-10-13-22-15-11-12-17(19)16(14-15)18(20)21/h11-12,14H,2-10,13H2,1H3,(H2,20,21). The van der Waals surface area contributed by atoms with Crippen LogP contribution in [-0.2, 0) is 0 Å². The maximum absolute atomic E-state index is 13.3. The van der Waals surface area contributed by atoms with Crippen LogP contribution in [0.1, 0.15) is 75.1 Å². The lowest BCUT2D eigenvalue weighted by atomic mass is 10.1. The van der Waals surface area contributed by atoms with Gasteiger partial charge >= 0.3 is 0 Å². The van der Waals surface area contributed by atoms with E-state index in [1.807, 2.05) is 0 Å². The molecule has 0 saturated carbocycles. The second-order valence-electron chi connectivity index (χ2n) is 5.68. The Labute approximate surface area is 133 Å². The molecule has 0 heterocycles. The van der Waals surface area contributed by atoms with Crippen molar-refractivity contribution in [1.29, 1.82) is 0 Å². The molecule has 0 aromatic heterocycles. The van der Waals surface area contributed by atoms with Gasteiger partial charge in [0.05, 0.1) is 12.2 Å². The molecule has 1 rings (SSSR count). The minimum absolute atomic E-state index is 0.121. The van der Waals surface area contributed by atoms with Crippen molar-refractivity contribution in [1.82, 2.24) is 0 Å². The number of ether oxygens (including phenoxy) is 1. The molecule has 0 saturated heterocycles. The van der Waals surface area contributed by atoms with Gasteiger partial charge in [0, 0.05) is 0 Å². The molecule has 124 valence electrons. The highest BCUT2D eigenvalue weighted by molar-refractivity contribution is 5.93. The summed E-state index contributed by atoms with van der Waals surface area (Å²) in [4.78, 5) is 11.0. The first-order valence-electron chi connectivity index (χ1n) is 8.37. The summed E-state index contributed by atoms with van der Waals surface area (Å²) in [6.07, 6.45) is 11.3. The highest BCUT2D eigenvalue weighted by Gasteiger charge is 2.09. The number of nitrogens with two attached hydrogens (primary N) is 1. The summed E-state index contributed by atoms with van der Waals surface area (Å²) in [5, 5.41) is 0. The number of benzene rings is 1. The number of carbonyl (C=O) groups excluding carboxylic acids is 1.